The van der Waals surface area contributed by atoms with Crippen molar-refractivity contribution >= 4 is 17.7 Å². The summed E-state index contributed by atoms with van der Waals surface area (Å²) in [6.45, 7) is 4.54. The molecule has 1 aliphatic heterocycles. The zero-order valence-corrected chi connectivity index (χ0v) is 8.63. The van der Waals surface area contributed by atoms with Crippen LogP contribution in [0.1, 0.15) is 20.3 Å². The molecule has 2 unspecified atom stereocenters. The number of hydrogen-bond donors (Lipinski definition) is 1. The lowest BCUT2D eigenvalue weighted by Crippen LogP contribution is -2.23. The molecular weight excluding hydrogens is 188 g/mol. The number of hydrogen-bond acceptors (Lipinski definition) is 3. The van der Waals surface area contributed by atoms with E-state index in [4.69, 9.17) is 9.84 Å². The SMILES string of the molecule is CCOC1C=C(C)SC1CC(=O)O. The van der Waals surface area contributed by atoms with Gasteiger partial charge in [0.2, 0.25) is 0 Å². The third kappa shape index (κ3) is 3.04. The minimum atomic E-state index is -0.759. The quantitative estimate of drug-likeness (QED) is 0.756. The van der Waals surface area contributed by atoms with E-state index < -0.39 is 5.97 Å². The lowest BCUT2D eigenvalue weighted by atomic mass is 10.2. The van der Waals surface area contributed by atoms with E-state index in [0.717, 1.165) is 4.91 Å². The van der Waals surface area contributed by atoms with Crippen LogP contribution in [-0.4, -0.2) is 29.0 Å². The van der Waals surface area contributed by atoms with Crippen molar-refractivity contribution in [1.29, 1.82) is 0 Å². The first kappa shape index (κ1) is 10.6. The van der Waals surface area contributed by atoms with Crippen LogP contribution in [0.4, 0.5) is 0 Å². The van der Waals surface area contributed by atoms with Crippen molar-refractivity contribution in [2.24, 2.45) is 0 Å². The molecule has 0 fully saturated rings. The number of allylic oxidation sites excluding steroid dienone is 1. The molecule has 0 saturated carbocycles. The lowest BCUT2D eigenvalue weighted by molar-refractivity contribution is -0.137. The maximum absolute atomic E-state index is 10.5. The molecular formula is C9H14O3S. The van der Waals surface area contributed by atoms with Gasteiger partial charge in [-0.15, -0.1) is 11.8 Å². The third-order valence-corrected chi connectivity index (χ3v) is 3.08. The summed E-state index contributed by atoms with van der Waals surface area (Å²) in [6, 6.07) is 0. The van der Waals surface area contributed by atoms with Gasteiger partial charge in [-0.3, -0.25) is 4.79 Å². The molecule has 0 aliphatic carbocycles. The highest BCUT2D eigenvalue weighted by atomic mass is 32.2. The average Bonchev–Trinajstić information content (AvgIpc) is 2.31. The molecule has 0 amide bonds. The van der Waals surface area contributed by atoms with Crippen molar-refractivity contribution < 1.29 is 14.6 Å². The second-order valence-corrected chi connectivity index (χ2v) is 4.44. The molecule has 0 radical (unpaired) electrons. The van der Waals surface area contributed by atoms with Crippen LogP contribution < -0.4 is 0 Å². The molecule has 1 N–H and O–H groups in total. The summed E-state index contributed by atoms with van der Waals surface area (Å²) in [5.74, 6) is -0.759. The Labute approximate surface area is 82.2 Å². The van der Waals surface area contributed by atoms with Crippen molar-refractivity contribution in [3.63, 3.8) is 0 Å². The predicted molar refractivity (Wildman–Crippen MR) is 52.8 cm³/mol. The Morgan fingerprint density at radius 3 is 3.00 bits per heavy atom. The molecule has 3 nitrogen and oxygen atoms in total. The van der Waals surface area contributed by atoms with E-state index >= 15 is 0 Å². The fraction of sp³-hybridized carbons (Fsp3) is 0.667. The number of carboxylic acids is 1. The molecule has 0 bridgehead atoms. The minimum Gasteiger partial charge on any atom is -0.481 e. The standard InChI is InChI=1S/C9H14O3S/c1-3-12-7-4-6(2)13-8(7)5-9(10)11/h4,7-8H,3,5H2,1-2H3,(H,10,11). The van der Waals surface area contributed by atoms with Crippen molar-refractivity contribution in [2.45, 2.75) is 31.6 Å². The lowest BCUT2D eigenvalue weighted by Gasteiger charge is -2.15. The van der Waals surface area contributed by atoms with Crippen LogP contribution in [0.25, 0.3) is 0 Å². The molecule has 1 heterocycles. The molecule has 1 aliphatic rings. The molecule has 0 spiro atoms. The van der Waals surface area contributed by atoms with Gasteiger partial charge in [-0.05, 0) is 24.8 Å². The maximum atomic E-state index is 10.5. The Morgan fingerprint density at radius 1 is 1.77 bits per heavy atom. The monoisotopic (exact) mass is 202 g/mol. The number of ether oxygens (including phenoxy) is 1. The highest BCUT2D eigenvalue weighted by Crippen LogP contribution is 2.35. The topological polar surface area (TPSA) is 46.5 Å². The van der Waals surface area contributed by atoms with Gasteiger partial charge in [-0.25, -0.2) is 0 Å². The summed E-state index contributed by atoms with van der Waals surface area (Å²) >= 11 is 1.60. The van der Waals surface area contributed by atoms with Crippen LogP contribution >= 0.6 is 11.8 Å². The average molecular weight is 202 g/mol. The molecule has 4 heteroatoms. The van der Waals surface area contributed by atoms with Gasteiger partial charge in [0.15, 0.2) is 0 Å². The Bertz CT molecular complexity index is 225. The molecule has 0 aromatic carbocycles. The second kappa shape index (κ2) is 4.67. The molecule has 0 aromatic heterocycles. The number of thioether (sulfide) groups is 1. The Kier molecular flexibility index (Phi) is 3.81. The maximum Gasteiger partial charge on any atom is 0.304 e. The molecule has 2 atom stereocenters. The van der Waals surface area contributed by atoms with E-state index in [-0.39, 0.29) is 17.8 Å². The van der Waals surface area contributed by atoms with Gasteiger partial charge in [0.05, 0.1) is 12.5 Å². The van der Waals surface area contributed by atoms with Crippen molar-refractivity contribution in [3.05, 3.63) is 11.0 Å². The molecule has 1 rings (SSSR count). The summed E-state index contributed by atoms with van der Waals surface area (Å²) in [4.78, 5) is 11.7. The van der Waals surface area contributed by atoms with Gasteiger partial charge in [0.1, 0.15) is 0 Å². The molecule has 0 aromatic rings. The number of carbonyl (C=O) groups is 1. The van der Waals surface area contributed by atoms with Gasteiger partial charge >= 0.3 is 5.97 Å². The van der Waals surface area contributed by atoms with Crippen molar-refractivity contribution in [1.82, 2.24) is 0 Å². The first-order valence-electron chi connectivity index (χ1n) is 4.32. The van der Waals surface area contributed by atoms with E-state index in [2.05, 4.69) is 0 Å². The largest absolute Gasteiger partial charge is 0.481 e. The highest BCUT2D eigenvalue weighted by Gasteiger charge is 2.28. The summed E-state index contributed by atoms with van der Waals surface area (Å²) < 4.78 is 5.43. The first-order valence-corrected chi connectivity index (χ1v) is 5.20. The predicted octanol–water partition coefficient (Wildman–Crippen LogP) is 1.89. The van der Waals surface area contributed by atoms with E-state index in [1.54, 1.807) is 11.8 Å². The van der Waals surface area contributed by atoms with Crippen LogP contribution in [0.3, 0.4) is 0 Å². The van der Waals surface area contributed by atoms with E-state index in [1.807, 2.05) is 19.9 Å². The normalized spacial score (nSPS) is 27.4. The minimum absolute atomic E-state index is 0.0221. The van der Waals surface area contributed by atoms with Gasteiger partial charge in [0, 0.05) is 11.9 Å². The number of aliphatic carboxylic acids is 1. The molecule has 0 saturated heterocycles. The number of rotatable bonds is 4. The van der Waals surface area contributed by atoms with Gasteiger partial charge in [-0.1, -0.05) is 0 Å². The smallest absolute Gasteiger partial charge is 0.304 e. The van der Waals surface area contributed by atoms with Gasteiger partial charge in [0.25, 0.3) is 0 Å². The van der Waals surface area contributed by atoms with Crippen molar-refractivity contribution in [3.8, 4) is 0 Å². The van der Waals surface area contributed by atoms with Crippen LogP contribution in [0, 0.1) is 0 Å². The van der Waals surface area contributed by atoms with Crippen LogP contribution in [0.15, 0.2) is 11.0 Å². The third-order valence-electron chi connectivity index (χ3n) is 1.84. The van der Waals surface area contributed by atoms with Crippen LogP contribution in [0.2, 0.25) is 0 Å². The van der Waals surface area contributed by atoms with E-state index in [0.29, 0.717) is 6.61 Å². The molecule has 13 heavy (non-hydrogen) atoms. The first-order chi connectivity index (χ1) is 6.13. The second-order valence-electron chi connectivity index (χ2n) is 2.95. The van der Waals surface area contributed by atoms with Crippen LogP contribution in [0.5, 0.6) is 0 Å². The zero-order valence-electron chi connectivity index (χ0n) is 7.82. The van der Waals surface area contributed by atoms with Crippen molar-refractivity contribution in [2.75, 3.05) is 6.61 Å². The van der Waals surface area contributed by atoms with Gasteiger partial charge < -0.3 is 9.84 Å². The summed E-state index contributed by atoms with van der Waals surface area (Å²) in [7, 11) is 0. The fourth-order valence-electron chi connectivity index (χ4n) is 1.36. The Balaban J connectivity index is 2.51. The fourth-order valence-corrected chi connectivity index (χ4v) is 2.57. The summed E-state index contributed by atoms with van der Waals surface area (Å²) in [5, 5.41) is 8.71. The Morgan fingerprint density at radius 2 is 2.46 bits per heavy atom. The zero-order chi connectivity index (χ0) is 9.84. The summed E-state index contributed by atoms with van der Waals surface area (Å²) in [5.41, 5.74) is 0. The van der Waals surface area contributed by atoms with E-state index in [9.17, 15) is 4.79 Å². The summed E-state index contributed by atoms with van der Waals surface area (Å²) in [6.07, 6.45) is 2.15. The van der Waals surface area contributed by atoms with Gasteiger partial charge in [-0.2, -0.15) is 0 Å². The van der Waals surface area contributed by atoms with Crippen LogP contribution in [-0.2, 0) is 9.53 Å². The highest BCUT2D eigenvalue weighted by molar-refractivity contribution is 8.04. The molecule has 74 valence electrons. The Hall–Kier alpha value is -0.480. The number of carboxylic acid groups (broad SMARTS) is 1. The van der Waals surface area contributed by atoms with E-state index in [1.165, 1.54) is 0 Å².